The molecule has 2 aromatic carbocycles. The summed E-state index contributed by atoms with van der Waals surface area (Å²) in [6.45, 7) is 7.96. The van der Waals surface area contributed by atoms with Crippen LogP contribution in [0.5, 0.6) is 5.88 Å². The van der Waals surface area contributed by atoms with Crippen LogP contribution in [0.15, 0.2) is 52.5 Å². The standard InChI is InChI=1S/C25H28N4O2S2/c1-15(2)12-13-33-25-26-23-22(27-28-25)20-14-16(3)6-11-21(20)29(17(4)30)24(31-23)18-7-9-19(32-5)10-8-18/h6-11,14-15,24H,12-13H2,1-5H3/t24-/m1/s1. The summed E-state index contributed by atoms with van der Waals surface area (Å²) in [4.78, 5) is 20.5. The van der Waals surface area contributed by atoms with Crippen LogP contribution in [0, 0.1) is 12.8 Å². The molecule has 0 saturated heterocycles. The van der Waals surface area contributed by atoms with Gasteiger partial charge in [-0.15, -0.1) is 22.0 Å². The average Bonchev–Trinajstić information content (AvgIpc) is 2.93. The van der Waals surface area contributed by atoms with Crippen molar-refractivity contribution in [3.8, 4) is 17.1 Å². The molecule has 33 heavy (non-hydrogen) atoms. The number of hydrogen-bond donors (Lipinski definition) is 0. The zero-order valence-corrected chi connectivity index (χ0v) is 21.2. The number of thioether (sulfide) groups is 2. The second-order valence-corrected chi connectivity index (χ2v) is 10.4. The molecular formula is C25H28N4O2S2. The second-order valence-electron chi connectivity index (χ2n) is 8.43. The zero-order chi connectivity index (χ0) is 23.5. The summed E-state index contributed by atoms with van der Waals surface area (Å²) >= 11 is 3.24. The van der Waals surface area contributed by atoms with Gasteiger partial charge in [-0.3, -0.25) is 9.69 Å². The van der Waals surface area contributed by atoms with Crippen LogP contribution in [0.3, 0.4) is 0 Å². The molecule has 1 atom stereocenters. The van der Waals surface area contributed by atoms with Gasteiger partial charge in [0.15, 0.2) is 5.69 Å². The lowest BCUT2D eigenvalue weighted by molar-refractivity contribution is -0.118. The Morgan fingerprint density at radius 1 is 1.15 bits per heavy atom. The quantitative estimate of drug-likeness (QED) is 0.392. The number of rotatable bonds is 6. The van der Waals surface area contributed by atoms with Crippen molar-refractivity contribution in [2.75, 3.05) is 16.9 Å². The number of carbonyl (C=O) groups is 1. The summed E-state index contributed by atoms with van der Waals surface area (Å²) in [6, 6.07) is 14.0. The Kier molecular flexibility index (Phi) is 7.24. The van der Waals surface area contributed by atoms with Crippen molar-refractivity contribution >= 4 is 35.1 Å². The molecule has 0 unspecified atom stereocenters. The Hall–Kier alpha value is -2.58. The minimum atomic E-state index is -0.661. The lowest BCUT2D eigenvalue weighted by atomic mass is 10.0. The second kappa shape index (κ2) is 10.1. The highest BCUT2D eigenvalue weighted by molar-refractivity contribution is 7.99. The number of amides is 1. The zero-order valence-electron chi connectivity index (χ0n) is 19.5. The van der Waals surface area contributed by atoms with E-state index in [9.17, 15) is 4.79 Å². The number of carbonyl (C=O) groups excluding carboxylic acids is 1. The largest absolute Gasteiger partial charge is 0.447 e. The third-order valence-electron chi connectivity index (χ3n) is 5.43. The Labute approximate surface area is 203 Å². The monoisotopic (exact) mass is 480 g/mol. The van der Waals surface area contributed by atoms with Gasteiger partial charge in [0.25, 0.3) is 0 Å². The molecule has 0 saturated carbocycles. The molecule has 3 aromatic rings. The third-order valence-corrected chi connectivity index (χ3v) is 7.04. The van der Waals surface area contributed by atoms with Gasteiger partial charge in [0, 0.05) is 28.7 Å². The van der Waals surface area contributed by atoms with Crippen LogP contribution in [0.25, 0.3) is 11.3 Å². The highest BCUT2D eigenvalue weighted by Crippen LogP contribution is 2.44. The van der Waals surface area contributed by atoms with E-state index >= 15 is 0 Å². The molecule has 0 spiro atoms. The van der Waals surface area contributed by atoms with Crippen LogP contribution in [-0.4, -0.2) is 33.1 Å². The third kappa shape index (κ3) is 5.17. The molecule has 0 bridgehead atoms. The van der Waals surface area contributed by atoms with Gasteiger partial charge >= 0.3 is 0 Å². The van der Waals surface area contributed by atoms with Crippen molar-refractivity contribution in [1.29, 1.82) is 0 Å². The Bertz CT molecular complexity index is 1150. The molecule has 1 aromatic heterocycles. The minimum absolute atomic E-state index is 0.119. The van der Waals surface area contributed by atoms with Crippen LogP contribution in [0.4, 0.5) is 5.69 Å². The van der Waals surface area contributed by atoms with Crippen LogP contribution in [0.1, 0.15) is 44.5 Å². The van der Waals surface area contributed by atoms with Gasteiger partial charge in [-0.2, -0.15) is 4.98 Å². The highest BCUT2D eigenvalue weighted by atomic mass is 32.2. The molecule has 172 valence electrons. The first-order chi connectivity index (χ1) is 15.9. The Morgan fingerprint density at radius 2 is 1.91 bits per heavy atom. The van der Waals surface area contributed by atoms with Gasteiger partial charge in [-0.1, -0.05) is 49.4 Å². The fourth-order valence-corrected chi connectivity index (χ4v) is 5.08. The van der Waals surface area contributed by atoms with E-state index in [1.54, 1.807) is 35.3 Å². The summed E-state index contributed by atoms with van der Waals surface area (Å²) in [7, 11) is 0. The predicted octanol–water partition coefficient (Wildman–Crippen LogP) is 6.15. The van der Waals surface area contributed by atoms with E-state index in [1.165, 1.54) is 0 Å². The van der Waals surface area contributed by atoms with Crippen molar-refractivity contribution in [2.24, 2.45) is 5.92 Å². The number of benzene rings is 2. The number of fused-ring (bicyclic) bond motifs is 3. The first kappa shape index (κ1) is 23.6. The number of ether oxygens (including phenoxy) is 1. The molecule has 0 N–H and O–H groups in total. The molecule has 4 rings (SSSR count). The van der Waals surface area contributed by atoms with Crippen LogP contribution in [-0.2, 0) is 4.79 Å². The molecule has 0 fully saturated rings. The van der Waals surface area contributed by atoms with E-state index in [2.05, 4.69) is 24.0 Å². The van der Waals surface area contributed by atoms with Gasteiger partial charge in [0.05, 0.1) is 5.69 Å². The fourth-order valence-electron chi connectivity index (χ4n) is 3.65. The van der Waals surface area contributed by atoms with Gasteiger partial charge in [0.1, 0.15) is 0 Å². The summed E-state index contributed by atoms with van der Waals surface area (Å²) in [5, 5.41) is 9.45. The molecule has 1 aliphatic heterocycles. The van der Waals surface area contributed by atoms with E-state index in [0.29, 0.717) is 22.6 Å². The fraction of sp³-hybridized carbons (Fsp3) is 0.360. The van der Waals surface area contributed by atoms with E-state index in [1.807, 2.05) is 55.6 Å². The summed E-state index contributed by atoms with van der Waals surface area (Å²) in [5.74, 6) is 1.79. The summed E-state index contributed by atoms with van der Waals surface area (Å²) < 4.78 is 6.45. The van der Waals surface area contributed by atoms with Gasteiger partial charge in [0.2, 0.25) is 23.2 Å². The number of aromatic nitrogens is 3. The molecule has 2 heterocycles. The van der Waals surface area contributed by atoms with Gasteiger partial charge < -0.3 is 4.74 Å². The molecule has 1 amide bonds. The molecule has 0 radical (unpaired) electrons. The highest BCUT2D eigenvalue weighted by Gasteiger charge is 2.34. The van der Waals surface area contributed by atoms with Crippen LogP contribution >= 0.6 is 23.5 Å². The average molecular weight is 481 g/mol. The Balaban J connectivity index is 1.83. The maximum Gasteiger partial charge on any atom is 0.247 e. The van der Waals surface area contributed by atoms with Gasteiger partial charge in [-0.25, -0.2) is 0 Å². The number of hydrogen-bond acceptors (Lipinski definition) is 7. The van der Waals surface area contributed by atoms with E-state index in [-0.39, 0.29) is 5.91 Å². The van der Waals surface area contributed by atoms with E-state index in [0.717, 1.165) is 39.4 Å². The van der Waals surface area contributed by atoms with Gasteiger partial charge in [-0.05, 0) is 49.8 Å². The summed E-state index contributed by atoms with van der Waals surface area (Å²) in [5.41, 5.74) is 4.01. The van der Waals surface area contributed by atoms with E-state index < -0.39 is 6.23 Å². The SMILES string of the molecule is CSc1ccc([C@H]2Oc3nc(SCCC(C)C)nnc3-c3cc(C)ccc3N2C(C)=O)cc1. The number of nitrogens with zero attached hydrogens (tertiary/aromatic N) is 4. The first-order valence-corrected chi connectivity index (χ1v) is 13.2. The predicted molar refractivity (Wildman–Crippen MR) is 135 cm³/mol. The van der Waals surface area contributed by atoms with Crippen molar-refractivity contribution in [3.63, 3.8) is 0 Å². The van der Waals surface area contributed by atoms with Crippen LogP contribution in [0.2, 0.25) is 0 Å². The smallest absolute Gasteiger partial charge is 0.247 e. The molecule has 8 heteroatoms. The first-order valence-electron chi connectivity index (χ1n) is 11.0. The molecular weight excluding hydrogens is 452 g/mol. The van der Waals surface area contributed by atoms with Crippen molar-refractivity contribution in [1.82, 2.24) is 15.2 Å². The minimum Gasteiger partial charge on any atom is -0.447 e. The van der Waals surface area contributed by atoms with Crippen molar-refractivity contribution in [3.05, 3.63) is 53.6 Å². The normalized spacial score (nSPS) is 15.0. The number of anilines is 1. The summed E-state index contributed by atoms with van der Waals surface area (Å²) in [6.07, 6.45) is 2.44. The van der Waals surface area contributed by atoms with Crippen molar-refractivity contribution < 1.29 is 9.53 Å². The molecule has 6 nitrogen and oxygen atoms in total. The number of aryl methyl sites for hydroxylation is 1. The lowest BCUT2D eigenvalue weighted by Gasteiger charge is -2.30. The molecule has 1 aliphatic rings. The van der Waals surface area contributed by atoms with Crippen LogP contribution < -0.4 is 9.64 Å². The maximum absolute atomic E-state index is 12.9. The Morgan fingerprint density at radius 3 is 2.58 bits per heavy atom. The topological polar surface area (TPSA) is 68.2 Å². The molecule has 0 aliphatic carbocycles. The van der Waals surface area contributed by atoms with E-state index in [4.69, 9.17) is 9.72 Å². The lowest BCUT2D eigenvalue weighted by Crippen LogP contribution is -2.36. The van der Waals surface area contributed by atoms with Crippen molar-refractivity contribution in [2.45, 2.75) is 50.4 Å². The maximum atomic E-state index is 12.9.